The number of nitrogens with zero attached hydrogens (tertiary/aromatic N) is 4. The molecule has 0 aliphatic carbocycles. The van der Waals surface area contributed by atoms with Gasteiger partial charge in [0.2, 0.25) is 5.78 Å². The molecule has 0 aromatic carbocycles. The first kappa shape index (κ1) is 11.9. The van der Waals surface area contributed by atoms with Gasteiger partial charge < -0.3 is 0 Å². The van der Waals surface area contributed by atoms with Gasteiger partial charge in [-0.3, -0.25) is 9.36 Å². The molecule has 0 radical (unpaired) electrons. The SMILES string of the molecule is CCCCCn1c2c(c(=O)n3c(=O)[nH]nc13)CC=N2. The van der Waals surface area contributed by atoms with Crippen LogP contribution in [0.5, 0.6) is 0 Å². The predicted octanol–water partition coefficient (Wildman–Crippen LogP) is 0.633. The van der Waals surface area contributed by atoms with Crippen molar-refractivity contribution in [2.45, 2.75) is 39.2 Å². The monoisotopic (exact) mass is 261 g/mol. The average Bonchev–Trinajstić information content (AvgIpc) is 3.01. The van der Waals surface area contributed by atoms with Gasteiger partial charge in [0.25, 0.3) is 5.56 Å². The fourth-order valence-corrected chi connectivity index (χ4v) is 2.42. The molecule has 1 N–H and O–H groups in total. The molecule has 3 rings (SSSR count). The highest BCUT2D eigenvalue weighted by Crippen LogP contribution is 2.22. The summed E-state index contributed by atoms with van der Waals surface area (Å²) in [6.07, 6.45) is 5.35. The van der Waals surface area contributed by atoms with E-state index in [-0.39, 0.29) is 5.56 Å². The van der Waals surface area contributed by atoms with Crippen molar-refractivity contribution >= 4 is 17.8 Å². The van der Waals surface area contributed by atoms with Gasteiger partial charge in [0.15, 0.2) is 0 Å². The molecule has 0 atom stereocenters. The summed E-state index contributed by atoms with van der Waals surface area (Å²) in [5.74, 6) is 0.997. The lowest BCUT2D eigenvalue weighted by Gasteiger charge is -2.11. The fourth-order valence-electron chi connectivity index (χ4n) is 2.42. The second-order valence-electron chi connectivity index (χ2n) is 4.65. The van der Waals surface area contributed by atoms with E-state index in [2.05, 4.69) is 22.1 Å². The molecule has 2 aromatic heterocycles. The molecule has 3 heterocycles. The number of aryl methyl sites for hydroxylation is 1. The summed E-state index contributed by atoms with van der Waals surface area (Å²) in [6, 6.07) is 0. The van der Waals surface area contributed by atoms with E-state index in [1.54, 1.807) is 6.21 Å². The molecular weight excluding hydrogens is 246 g/mol. The van der Waals surface area contributed by atoms with E-state index in [4.69, 9.17) is 0 Å². The van der Waals surface area contributed by atoms with Gasteiger partial charge in [0.1, 0.15) is 5.82 Å². The van der Waals surface area contributed by atoms with Crippen LogP contribution in [-0.4, -0.2) is 25.4 Å². The zero-order chi connectivity index (χ0) is 13.4. The van der Waals surface area contributed by atoms with E-state index in [0.717, 1.165) is 23.7 Å². The third kappa shape index (κ3) is 1.73. The molecule has 0 amide bonds. The van der Waals surface area contributed by atoms with Crippen LogP contribution in [0.25, 0.3) is 5.78 Å². The number of nitrogens with one attached hydrogen (secondary N) is 1. The van der Waals surface area contributed by atoms with E-state index in [9.17, 15) is 9.59 Å². The molecule has 19 heavy (non-hydrogen) atoms. The fraction of sp³-hybridized carbons (Fsp3) is 0.500. The lowest BCUT2D eigenvalue weighted by molar-refractivity contribution is 0.602. The van der Waals surface area contributed by atoms with Crippen molar-refractivity contribution in [3.63, 3.8) is 0 Å². The first-order chi connectivity index (χ1) is 9.24. The Kier molecular flexibility index (Phi) is 2.81. The topological polar surface area (TPSA) is 84.5 Å². The van der Waals surface area contributed by atoms with Crippen LogP contribution in [0.3, 0.4) is 0 Å². The van der Waals surface area contributed by atoms with Crippen LogP contribution in [0.15, 0.2) is 14.6 Å². The second-order valence-corrected chi connectivity index (χ2v) is 4.65. The van der Waals surface area contributed by atoms with Crippen LogP contribution < -0.4 is 11.2 Å². The lowest BCUT2D eigenvalue weighted by atomic mass is 10.2. The molecule has 0 fully saturated rings. The summed E-state index contributed by atoms with van der Waals surface area (Å²) in [6.45, 7) is 2.84. The maximum Gasteiger partial charge on any atom is 0.351 e. The van der Waals surface area contributed by atoms with Gasteiger partial charge in [-0.15, -0.1) is 5.10 Å². The van der Waals surface area contributed by atoms with Crippen molar-refractivity contribution in [1.29, 1.82) is 0 Å². The summed E-state index contributed by atoms with van der Waals surface area (Å²) in [5, 5.41) is 6.29. The Morgan fingerprint density at radius 1 is 1.37 bits per heavy atom. The van der Waals surface area contributed by atoms with Gasteiger partial charge in [-0.1, -0.05) is 19.8 Å². The predicted molar refractivity (Wildman–Crippen MR) is 71.5 cm³/mol. The van der Waals surface area contributed by atoms with Crippen molar-refractivity contribution in [3.8, 4) is 0 Å². The summed E-state index contributed by atoms with van der Waals surface area (Å²) >= 11 is 0. The number of aliphatic imine (C=N–C) groups is 1. The summed E-state index contributed by atoms with van der Waals surface area (Å²) < 4.78 is 2.95. The van der Waals surface area contributed by atoms with Crippen molar-refractivity contribution in [3.05, 3.63) is 26.4 Å². The first-order valence-electron chi connectivity index (χ1n) is 6.49. The Morgan fingerprint density at radius 3 is 3.00 bits per heavy atom. The van der Waals surface area contributed by atoms with Crippen LogP contribution in [0.4, 0.5) is 5.82 Å². The average molecular weight is 261 g/mol. The Labute approximate surface area is 108 Å². The maximum atomic E-state index is 12.2. The first-order valence-corrected chi connectivity index (χ1v) is 6.49. The normalized spacial score (nSPS) is 13.3. The summed E-state index contributed by atoms with van der Waals surface area (Å²) in [5.41, 5.74) is -0.223. The van der Waals surface area contributed by atoms with E-state index >= 15 is 0 Å². The lowest BCUT2D eigenvalue weighted by Crippen LogP contribution is -2.29. The maximum absolute atomic E-state index is 12.2. The summed E-state index contributed by atoms with van der Waals surface area (Å²) in [7, 11) is 0. The van der Waals surface area contributed by atoms with Gasteiger partial charge >= 0.3 is 5.69 Å². The number of hydrogen-bond donors (Lipinski definition) is 1. The third-order valence-corrected chi connectivity index (χ3v) is 3.38. The van der Waals surface area contributed by atoms with E-state index in [1.807, 2.05) is 4.57 Å². The van der Waals surface area contributed by atoms with E-state index in [1.165, 1.54) is 0 Å². The minimum absolute atomic E-state index is 0.312. The molecule has 2 aromatic rings. The summed E-state index contributed by atoms with van der Waals surface area (Å²) in [4.78, 5) is 28.1. The van der Waals surface area contributed by atoms with Gasteiger partial charge in [-0.25, -0.2) is 14.9 Å². The van der Waals surface area contributed by atoms with Crippen molar-refractivity contribution in [2.24, 2.45) is 4.99 Å². The minimum atomic E-state index is -0.487. The Bertz CT molecular complexity index is 765. The highest BCUT2D eigenvalue weighted by Gasteiger charge is 2.21. The van der Waals surface area contributed by atoms with Crippen molar-refractivity contribution in [1.82, 2.24) is 19.2 Å². The Balaban J connectivity index is 2.24. The van der Waals surface area contributed by atoms with Gasteiger partial charge in [0.05, 0.1) is 5.56 Å². The number of aromatic nitrogens is 4. The second kappa shape index (κ2) is 4.49. The van der Waals surface area contributed by atoms with E-state index in [0.29, 0.717) is 30.1 Å². The number of rotatable bonds is 4. The number of hydrogen-bond acceptors (Lipinski definition) is 4. The Hall–Kier alpha value is -2.18. The van der Waals surface area contributed by atoms with Crippen molar-refractivity contribution in [2.75, 3.05) is 0 Å². The molecule has 100 valence electrons. The van der Waals surface area contributed by atoms with Gasteiger partial charge in [-0.05, 0) is 6.42 Å². The molecule has 0 saturated carbocycles. The minimum Gasteiger partial charge on any atom is -0.294 e. The molecular formula is C12H15N5O2. The highest BCUT2D eigenvalue weighted by molar-refractivity contribution is 5.74. The number of unbranched alkanes of at least 4 members (excludes halogenated alkanes) is 2. The molecule has 1 aliphatic rings. The molecule has 0 spiro atoms. The molecule has 1 aliphatic heterocycles. The standard InChI is InChI=1S/C12H15N5O2/c1-2-3-4-7-16-9-8(5-6-13-9)10(18)17-11(16)14-15-12(17)19/h6H,2-5,7H2,1H3,(H,15,19). The van der Waals surface area contributed by atoms with E-state index < -0.39 is 5.69 Å². The smallest absolute Gasteiger partial charge is 0.294 e. The van der Waals surface area contributed by atoms with Crippen LogP contribution in [0.2, 0.25) is 0 Å². The molecule has 7 nitrogen and oxygen atoms in total. The largest absolute Gasteiger partial charge is 0.351 e. The van der Waals surface area contributed by atoms with Crippen molar-refractivity contribution < 1.29 is 0 Å². The quantitative estimate of drug-likeness (QED) is 0.819. The molecule has 0 bridgehead atoms. The van der Waals surface area contributed by atoms with Crippen LogP contribution in [0.1, 0.15) is 31.7 Å². The highest BCUT2D eigenvalue weighted by atomic mass is 16.2. The van der Waals surface area contributed by atoms with Gasteiger partial charge in [0, 0.05) is 19.2 Å². The number of H-pyrrole nitrogens is 1. The third-order valence-electron chi connectivity index (χ3n) is 3.38. The molecule has 7 heteroatoms. The zero-order valence-corrected chi connectivity index (χ0v) is 10.7. The Morgan fingerprint density at radius 2 is 2.21 bits per heavy atom. The van der Waals surface area contributed by atoms with Crippen LogP contribution in [-0.2, 0) is 13.0 Å². The molecule has 0 unspecified atom stereocenters. The van der Waals surface area contributed by atoms with Crippen LogP contribution in [0, 0.1) is 0 Å². The van der Waals surface area contributed by atoms with Crippen LogP contribution >= 0.6 is 0 Å². The number of aromatic amines is 1. The van der Waals surface area contributed by atoms with Gasteiger partial charge in [-0.2, -0.15) is 4.40 Å². The molecule has 0 saturated heterocycles. The number of fused-ring (bicyclic) bond motifs is 2. The zero-order valence-electron chi connectivity index (χ0n) is 10.7.